The molecular weight excluding hydrogens is 2230 g/mol. The second-order valence-corrected chi connectivity index (χ2v) is 42.6. The van der Waals surface area contributed by atoms with Crippen molar-refractivity contribution in [3.63, 3.8) is 0 Å². The van der Waals surface area contributed by atoms with Gasteiger partial charge >= 0.3 is 15.6 Å². The average molecular weight is 2340 g/mol. The molecule has 0 amide bonds. The molecule has 1 N–H and O–H groups in total. The number of para-hydroxylation sites is 1. The van der Waals surface area contributed by atoms with Crippen LogP contribution in [0.2, 0.25) is 0 Å². The van der Waals surface area contributed by atoms with Gasteiger partial charge in [0.15, 0.2) is 12.3 Å². The molecule has 2 unspecified atom stereocenters. The van der Waals surface area contributed by atoms with Crippen molar-refractivity contribution in [3.05, 3.63) is 581 Å². The van der Waals surface area contributed by atoms with Gasteiger partial charge in [0.1, 0.15) is 25.9 Å². The molecule has 22 aromatic rings. The van der Waals surface area contributed by atoms with Crippen LogP contribution in [0.5, 0.6) is 0 Å². The largest absolute Gasteiger partial charge is 0.356 e. The lowest BCUT2D eigenvalue weighted by Gasteiger charge is -2.18. The summed E-state index contributed by atoms with van der Waals surface area (Å²) in [6.07, 6.45) is 16.0. The van der Waals surface area contributed by atoms with Gasteiger partial charge in [0.2, 0.25) is 0 Å². The predicted molar refractivity (Wildman–Crippen MR) is 657 cm³/mol. The number of halogens is 6. The Morgan fingerprint density at radius 2 is 0.463 bits per heavy atom. The van der Waals surface area contributed by atoms with E-state index in [-0.39, 0.29) is 7.43 Å². The van der Waals surface area contributed by atoms with E-state index in [1.165, 1.54) is 143 Å². The SMILES string of the molecule is BrCc1ccc(Br)cc1.Brc1ccc(/C=C/c2cccc(-c3c4ccccc4c(-c4ccc5ccccc5c4)c4ccccc34)c2)cc1.Brc1ccc(/C=C/c2ccccc2)cc1.C.C(=C\c1ccc(Nc2ccccc2)cc1)/c1ccccc1.C[P+](=O)Cc1ccc(Br)cc1.C[P+](=O)Cc1ccccc1.O=Cc1ccc(Br)cc1.O=Cc1cccc(-c2c3ccccc3c(-c3ccc4ccccc4c3)c3ccccc23)c1. The maximum absolute atomic E-state index is 11.5. The van der Waals surface area contributed by atoms with E-state index in [2.05, 4.69) is 459 Å². The Labute approximate surface area is 915 Å². The van der Waals surface area contributed by atoms with Crippen LogP contribution >= 0.6 is 111 Å². The van der Waals surface area contributed by atoms with Gasteiger partial charge in [0.25, 0.3) is 0 Å². The third kappa shape index (κ3) is 32.2. The topological polar surface area (TPSA) is 80.3 Å². The second-order valence-electron chi connectivity index (χ2n) is 34.3. The number of rotatable bonds is 19. The van der Waals surface area contributed by atoms with Crippen molar-refractivity contribution < 1.29 is 18.7 Å². The predicted octanol–water partition coefficient (Wildman–Crippen LogP) is 42.2. The molecule has 2 atom stereocenters. The number of anilines is 2. The molecule has 0 bridgehead atoms. The van der Waals surface area contributed by atoms with Gasteiger partial charge < -0.3 is 5.32 Å². The molecule has 22 aromatic carbocycles. The Morgan fingerprint density at radius 3 is 0.803 bits per heavy atom. The normalized spacial score (nSPS) is 10.9. The van der Waals surface area contributed by atoms with E-state index in [1.54, 1.807) is 25.5 Å². The monoisotopic (exact) mass is 2330 g/mol. The zero-order chi connectivity index (χ0) is 102. The maximum Gasteiger partial charge on any atom is 0.340 e. The van der Waals surface area contributed by atoms with Gasteiger partial charge in [0, 0.05) is 50.2 Å². The third-order valence-electron chi connectivity index (χ3n) is 23.8. The number of carbonyl (C=O) groups is 2. The van der Waals surface area contributed by atoms with Gasteiger partial charge in [-0.3, -0.25) is 9.59 Å². The number of carbonyl (C=O) groups excluding carboxylic acids is 2. The maximum atomic E-state index is 11.5. The van der Waals surface area contributed by atoms with Crippen molar-refractivity contribution in [3.8, 4) is 44.5 Å². The summed E-state index contributed by atoms with van der Waals surface area (Å²) < 4.78 is 27.0. The molecule has 0 aliphatic heterocycles. The minimum absolute atomic E-state index is 0. The Hall–Kier alpha value is -14.2. The van der Waals surface area contributed by atoms with Gasteiger partial charge in [-0.2, -0.15) is 0 Å². The van der Waals surface area contributed by atoms with Crippen LogP contribution in [-0.4, -0.2) is 25.9 Å². The summed E-state index contributed by atoms with van der Waals surface area (Å²) >= 11 is 20.3. The van der Waals surface area contributed by atoms with Crippen molar-refractivity contribution in [1.29, 1.82) is 0 Å². The van der Waals surface area contributed by atoms with Crippen LogP contribution in [0.25, 0.3) is 146 Å². The number of benzene rings is 22. The molecule has 0 aliphatic rings. The summed E-state index contributed by atoms with van der Waals surface area (Å²) in [4.78, 5) is 21.6. The lowest BCUT2D eigenvalue weighted by Crippen LogP contribution is -1.91. The molecule has 0 heterocycles. The fourth-order valence-corrected chi connectivity index (χ4v) is 19.9. The number of aldehydes is 2. The van der Waals surface area contributed by atoms with Crippen LogP contribution in [0, 0.1) is 0 Å². The van der Waals surface area contributed by atoms with E-state index in [9.17, 15) is 18.7 Å². The molecule has 722 valence electrons. The first-order chi connectivity index (χ1) is 71.4. The lowest BCUT2D eigenvalue weighted by molar-refractivity contribution is 0.111. The number of fused-ring (bicyclic) bond motifs is 6. The van der Waals surface area contributed by atoms with E-state index in [1.807, 2.05) is 164 Å². The first-order valence-corrected chi connectivity index (χ1v) is 56.5. The lowest BCUT2D eigenvalue weighted by atomic mass is 9.85. The highest BCUT2D eigenvalue weighted by Crippen LogP contribution is 2.47. The van der Waals surface area contributed by atoms with Gasteiger partial charge in [-0.1, -0.05) is 537 Å². The number of hydrogen-bond acceptors (Lipinski definition) is 5. The van der Waals surface area contributed by atoms with Crippen LogP contribution in [0.3, 0.4) is 0 Å². The minimum Gasteiger partial charge on any atom is -0.356 e. The first-order valence-electron chi connectivity index (χ1n) is 47.6. The third-order valence-corrected chi connectivity index (χ3v) is 28.7. The molecule has 0 aromatic heterocycles. The number of hydrogen-bond donors (Lipinski definition) is 1. The molecule has 0 radical (unpaired) electrons. The zero-order valence-corrected chi connectivity index (χ0v) is 91.7. The first kappa shape index (κ1) is 109. The summed E-state index contributed by atoms with van der Waals surface area (Å²) in [6.45, 7) is 3.50. The molecule has 13 heteroatoms. The second kappa shape index (κ2) is 56.5. The smallest absolute Gasteiger partial charge is 0.340 e. The van der Waals surface area contributed by atoms with E-state index in [4.69, 9.17) is 0 Å². The summed E-state index contributed by atoms with van der Waals surface area (Å²) in [5.41, 5.74) is 24.1. The highest BCUT2D eigenvalue weighted by Gasteiger charge is 2.20. The van der Waals surface area contributed by atoms with Gasteiger partial charge in [-0.05, 0) is 268 Å². The molecule has 0 spiro atoms. The summed E-state index contributed by atoms with van der Waals surface area (Å²) in [5, 5.41) is 19.2. The number of alkyl halides is 1. The number of nitrogens with one attached hydrogen (secondary N) is 1. The molecule has 0 saturated heterocycles. The van der Waals surface area contributed by atoms with Crippen LogP contribution in [0.1, 0.15) is 78.2 Å². The summed E-state index contributed by atoms with van der Waals surface area (Å²) in [7, 11) is -2.08. The highest BCUT2D eigenvalue weighted by molar-refractivity contribution is 9.11. The highest BCUT2D eigenvalue weighted by atomic mass is 79.9. The molecule has 147 heavy (non-hydrogen) atoms. The van der Waals surface area contributed by atoms with E-state index < -0.39 is 15.6 Å². The van der Waals surface area contributed by atoms with Crippen molar-refractivity contribution in [2.24, 2.45) is 0 Å². The van der Waals surface area contributed by atoms with Crippen LogP contribution in [0.15, 0.2) is 520 Å². The quantitative estimate of drug-likeness (QED) is 0.0287. The van der Waals surface area contributed by atoms with Crippen LogP contribution < -0.4 is 5.32 Å². The Morgan fingerprint density at radius 1 is 0.218 bits per heavy atom. The fraction of sp³-hybridized carbons (Fsp3) is 0.0448. The standard InChI is InChI=1S/C38H25Br.C31H20O.C20H17N.C14H11Br.C8H9BrOP.C8H10OP.C7H6Br2.C7H5BrO.CH4/c39-32-22-18-26(19-23-32)16-17-27-8-7-11-30(24-27)37-33-12-3-5-14-35(33)38(36-15-6-4-13-34(36)37)31-21-20-28-9-1-2-10-29(28)25-31;32-20-21-8-7-11-24(18-21)30-26-12-3-5-14-28(26)31(29-15-6-4-13-27(29)30)25-17-16-22-9-1-2-10-23(22)19-25;1-3-7-17(8-4-1)11-12-18-13-15-20(16-14-18)21-19-9-5-2-6-10-19;15-14-10-8-13(9-11-14)7-6-12-4-2-1-3-5-12;1-11(10)6-7-2-4-8(9)5-3-7;1-10(9)7-8-5-3-2-4-6-8;8-5-6-1-3-7(9)4-2-6;8-7-3-1-6(5-9)2-4-7;/h1-25H;1-20H;1-16,21H;1-11H;2-5H,6H2,1H3;2-6H,7H2,1H3;1-4H,5H2;1-5H;1H4/q;;;;2*+1;;;/b17-16+;;12-11+;7-6+;;;;;. The van der Waals surface area contributed by atoms with Crippen LogP contribution in [-0.2, 0) is 26.8 Å². The van der Waals surface area contributed by atoms with Crippen molar-refractivity contribution in [2.45, 2.75) is 25.1 Å². The van der Waals surface area contributed by atoms with Crippen molar-refractivity contribution >= 4 is 236 Å². The average Bonchev–Trinajstić information content (AvgIpc) is 0.736. The molecule has 0 fully saturated rings. The van der Waals surface area contributed by atoms with E-state index >= 15 is 0 Å². The van der Waals surface area contributed by atoms with Gasteiger partial charge in [0.05, 0.1) is 0 Å². The van der Waals surface area contributed by atoms with E-state index in [0.717, 1.165) is 68.3 Å². The molecule has 0 aliphatic carbocycles. The molecule has 5 nitrogen and oxygen atoms in total. The van der Waals surface area contributed by atoms with Gasteiger partial charge in [-0.15, -0.1) is 0 Å². The minimum atomic E-state index is -1.05. The van der Waals surface area contributed by atoms with Crippen molar-refractivity contribution in [2.75, 3.05) is 18.6 Å². The van der Waals surface area contributed by atoms with Crippen molar-refractivity contribution in [1.82, 2.24) is 0 Å². The Kier molecular flexibility index (Phi) is 41.7. The van der Waals surface area contributed by atoms with Crippen LogP contribution in [0.4, 0.5) is 11.4 Å². The van der Waals surface area contributed by atoms with Gasteiger partial charge in [-0.25, -0.2) is 0 Å². The van der Waals surface area contributed by atoms with E-state index in [0.29, 0.717) is 23.5 Å². The zero-order valence-electron chi connectivity index (χ0n) is 80.4. The molecule has 0 saturated carbocycles. The summed E-state index contributed by atoms with van der Waals surface area (Å²) in [6, 6.07) is 171. The fourth-order valence-electron chi connectivity index (χ4n) is 16.8. The Bertz CT molecular complexity index is 8110. The molecular formula is C134H107Br6NO4P2+2. The molecule has 22 rings (SSSR count). The Balaban J connectivity index is 0.000000141. The summed E-state index contributed by atoms with van der Waals surface area (Å²) in [5.74, 6) is 0.